The predicted molar refractivity (Wildman–Crippen MR) is 101 cm³/mol. The minimum Gasteiger partial charge on any atom is -0.353 e. The van der Waals surface area contributed by atoms with Crippen LogP contribution in [0.5, 0.6) is 0 Å². The molecule has 1 unspecified atom stereocenters. The number of piperidine rings is 1. The van der Waals surface area contributed by atoms with Gasteiger partial charge >= 0.3 is 0 Å². The summed E-state index contributed by atoms with van der Waals surface area (Å²) in [5.41, 5.74) is 0.718. The summed E-state index contributed by atoms with van der Waals surface area (Å²) in [5.74, 6) is 0.272. The smallest absolute Gasteiger partial charge is 0.223 e. The van der Waals surface area contributed by atoms with Crippen LogP contribution < -0.4 is 5.32 Å². The normalized spacial score (nSPS) is 18.3. The number of hydrogen-bond acceptors (Lipinski definition) is 3. The van der Waals surface area contributed by atoms with Crippen molar-refractivity contribution in [3.63, 3.8) is 0 Å². The highest BCUT2D eigenvalue weighted by molar-refractivity contribution is 7.88. The summed E-state index contributed by atoms with van der Waals surface area (Å²) in [6.45, 7) is 6.91. The van der Waals surface area contributed by atoms with E-state index in [1.165, 1.54) is 4.31 Å². The quantitative estimate of drug-likeness (QED) is 0.817. The fourth-order valence-electron chi connectivity index (χ4n) is 2.79. The van der Waals surface area contributed by atoms with Gasteiger partial charge in [-0.25, -0.2) is 12.7 Å². The highest BCUT2D eigenvalue weighted by Crippen LogP contribution is 2.22. The van der Waals surface area contributed by atoms with E-state index in [0.717, 1.165) is 5.56 Å². The molecule has 1 amide bonds. The van der Waals surface area contributed by atoms with Gasteiger partial charge in [-0.05, 0) is 43.4 Å². The van der Waals surface area contributed by atoms with Gasteiger partial charge in [-0.2, -0.15) is 0 Å². The van der Waals surface area contributed by atoms with Crippen LogP contribution in [0.1, 0.15) is 39.2 Å². The van der Waals surface area contributed by atoms with Crippen molar-refractivity contribution in [2.75, 3.05) is 13.1 Å². The van der Waals surface area contributed by atoms with Crippen LogP contribution in [0.3, 0.4) is 0 Å². The minimum atomic E-state index is -3.38. The first-order valence-electron chi connectivity index (χ1n) is 8.71. The van der Waals surface area contributed by atoms with Crippen molar-refractivity contribution in [1.29, 1.82) is 0 Å². The Kier molecular flexibility index (Phi) is 6.88. The maximum Gasteiger partial charge on any atom is 0.223 e. The Labute approximate surface area is 155 Å². The second-order valence-electron chi connectivity index (χ2n) is 7.10. The molecular weight excluding hydrogens is 360 g/mol. The van der Waals surface area contributed by atoms with E-state index >= 15 is 0 Å². The van der Waals surface area contributed by atoms with E-state index in [4.69, 9.17) is 11.6 Å². The van der Waals surface area contributed by atoms with Crippen molar-refractivity contribution in [2.45, 2.75) is 45.4 Å². The molecule has 5 nitrogen and oxygen atoms in total. The number of hydrogen-bond donors (Lipinski definition) is 1. The first-order chi connectivity index (χ1) is 11.7. The third-order valence-electron chi connectivity index (χ3n) is 4.85. The topological polar surface area (TPSA) is 66.5 Å². The Bertz CT molecular complexity index is 681. The SMILES string of the molecule is CC(C)C(C)NC(=O)C1CCN(S(=O)(=O)Cc2ccc(Cl)cc2)CC1. The second kappa shape index (κ2) is 8.52. The molecule has 1 aromatic carbocycles. The number of halogens is 1. The average molecular weight is 387 g/mol. The summed E-state index contributed by atoms with van der Waals surface area (Å²) in [4.78, 5) is 12.3. The molecule has 0 bridgehead atoms. The van der Waals surface area contributed by atoms with Crippen molar-refractivity contribution in [3.05, 3.63) is 34.9 Å². The van der Waals surface area contributed by atoms with Gasteiger partial charge in [0.25, 0.3) is 0 Å². The molecule has 1 heterocycles. The number of sulfonamides is 1. The molecule has 0 aliphatic carbocycles. The van der Waals surface area contributed by atoms with Crippen LogP contribution in [0.4, 0.5) is 0 Å². The summed E-state index contributed by atoms with van der Waals surface area (Å²) in [6, 6.07) is 6.97. The van der Waals surface area contributed by atoms with Gasteiger partial charge in [0.05, 0.1) is 5.75 Å². The number of rotatable bonds is 6. The minimum absolute atomic E-state index is 0.0363. The molecule has 1 aliphatic heterocycles. The molecule has 2 rings (SSSR count). The summed E-state index contributed by atoms with van der Waals surface area (Å²) >= 11 is 5.83. The monoisotopic (exact) mass is 386 g/mol. The van der Waals surface area contributed by atoms with Gasteiger partial charge in [0, 0.05) is 30.1 Å². The molecule has 0 spiro atoms. The van der Waals surface area contributed by atoms with Crippen molar-refractivity contribution < 1.29 is 13.2 Å². The molecule has 140 valence electrons. The number of carbonyl (C=O) groups excluding carboxylic acids is 1. The van der Waals surface area contributed by atoms with Gasteiger partial charge in [-0.15, -0.1) is 0 Å². The van der Waals surface area contributed by atoms with E-state index in [0.29, 0.717) is 36.9 Å². The predicted octanol–water partition coefficient (Wildman–Crippen LogP) is 3.04. The Morgan fingerprint density at radius 3 is 2.28 bits per heavy atom. The first-order valence-corrected chi connectivity index (χ1v) is 10.7. The zero-order chi connectivity index (χ0) is 18.6. The Morgan fingerprint density at radius 2 is 1.76 bits per heavy atom. The van der Waals surface area contributed by atoms with Crippen molar-refractivity contribution >= 4 is 27.5 Å². The van der Waals surface area contributed by atoms with Crippen molar-refractivity contribution in [2.24, 2.45) is 11.8 Å². The lowest BCUT2D eigenvalue weighted by Crippen LogP contribution is -2.46. The lowest BCUT2D eigenvalue weighted by atomic mass is 9.96. The average Bonchev–Trinajstić information content (AvgIpc) is 2.56. The maximum atomic E-state index is 12.6. The summed E-state index contributed by atoms with van der Waals surface area (Å²) in [6.07, 6.45) is 1.13. The van der Waals surface area contributed by atoms with Gasteiger partial charge in [0.1, 0.15) is 0 Å². The van der Waals surface area contributed by atoms with Crippen LogP contribution in [0, 0.1) is 11.8 Å². The summed E-state index contributed by atoms with van der Waals surface area (Å²) in [5, 5.41) is 3.61. The molecule has 0 aromatic heterocycles. The molecule has 1 aliphatic rings. The molecule has 7 heteroatoms. The van der Waals surface area contributed by atoms with Crippen LogP contribution >= 0.6 is 11.6 Å². The highest BCUT2D eigenvalue weighted by atomic mass is 35.5. The van der Waals surface area contributed by atoms with E-state index in [-0.39, 0.29) is 23.6 Å². The first kappa shape index (κ1) is 20.2. The van der Waals surface area contributed by atoms with E-state index in [1.807, 2.05) is 6.92 Å². The van der Waals surface area contributed by atoms with E-state index in [9.17, 15) is 13.2 Å². The third kappa shape index (κ3) is 5.69. The zero-order valence-corrected chi connectivity index (χ0v) is 16.6. The van der Waals surface area contributed by atoms with E-state index < -0.39 is 10.0 Å². The number of amides is 1. The molecule has 1 N–H and O–H groups in total. The van der Waals surface area contributed by atoms with Crippen LogP contribution in [0.2, 0.25) is 5.02 Å². The fraction of sp³-hybridized carbons (Fsp3) is 0.611. The van der Waals surface area contributed by atoms with Gasteiger partial charge in [0.15, 0.2) is 0 Å². The largest absolute Gasteiger partial charge is 0.353 e. The third-order valence-corrected chi connectivity index (χ3v) is 6.95. The lowest BCUT2D eigenvalue weighted by molar-refractivity contribution is -0.127. The molecular formula is C18H27ClN2O3S. The Morgan fingerprint density at radius 1 is 1.20 bits per heavy atom. The molecule has 1 aromatic rings. The number of nitrogens with zero attached hydrogens (tertiary/aromatic N) is 1. The number of benzene rings is 1. The van der Waals surface area contributed by atoms with Crippen LogP contribution in [0.25, 0.3) is 0 Å². The molecule has 0 saturated carbocycles. The fourth-order valence-corrected chi connectivity index (χ4v) is 4.48. The van der Waals surface area contributed by atoms with Crippen molar-refractivity contribution in [1.82, 2.24) is 9.62 Å². The molecule has 1 saturated heterocycles. The van der Waals surface area contributed by atoms with Gasteiger partial charge < -0.3 is 5.32 Å². The number of carbonyl (C=O) groups is 1. The lowest BCUT2D eigenvalue weighted by Gasteiger charge is -2.31. The maximum absolute atomic E-state index is 12.6. The van der Waals surface area contributed by atoms with Gasteiger partial charge in [-0.1, -0.05) is 37.6 Å². The van der Waals surface area contributed by atoms with Crippen LogP contribution in [-0.4, -0.2) is 37.8 Å². The zero-order valence-electron chi connectivity index (χ0n) is 15.0. The second-order valence-corrected chi connectivity index (χ2v) is 9.50. The summed E-state index contributed by atoms with van der Waals surface area (Å²) in [7, 11) is -3.38. The molecule has 1 atom stereocenters. The van der Waals surface area contributed by atoms with E-state index in [2.05, 4.69) is 19.2 Å². The standard InChI is InChI=1S/C18H27ClN2O3S/c1-13(2)14(3)20-18(22)16-8-10-21(11-9-16)25(23,24)12-15-4-6-17(19)7-5-15/h4-7,13-14,16H,8-12H2,1-3H3,(H,20,22). The molecule has 0 radical (unpaired) electrons. The van der Waals surface area contributed by atoms with Crippen LogP contribution in [0.15, 0.2) is 24.3 Å². The molecule has 1 fully saturated rings. The Balaban J connectivity index is 1.90. The molecule has 25 heavy (non-hydrogen) atoms. The summed E-state index contributed by atoms with van der Waals surface area (Å²) < 4.78 is 26.6. The van der Waals surface area contributed by atoms with Gasteiger partial charge in [0.2, 0.25) is 15.9 Å². The van der Waals surface area contributed by atoms with Crippen LogP contribution in [-0.2, 0) is 20.6 Å². The highest BCUT2D eigenvalue weighted by Gasteiger charge is 2.31. The van der Waals surface area contributed by atoms with E-state index in [1.54, 1.807) is 24.3 Å². The number of nitrogens with one attached hydrogen (secondary N) is 1. The van der Waals surface area contributed by atoms with Crippen molar-refractivity contribution in [3.8, 4) is 0 Å². The van der Waals surface area contributed by atoms with Gasteiger partial charge in [-0.3, -0.25) is 4.79 Å². The Hall–Kier alpha value is -1.11.